The van der Waals surface area contributed by atoms with Crippen molar-refractivity contribution in [1.29, 1.82) is 0 Å². The third-order valence-electron chi connectivity index (χ3n) is 3.84. The molecule has 2 aromatic rings. The van der Waals surface area contributed by atoms with Crippen LogP contribution in [0.15, 0.2) is 47.4 Å². The van der Waals surface area contributed by atoms with Crippen LogP contribution in [0.4, 0.5) is 5.69 Å². The molecule has 8 heteroatoms. The van der Waals surface area contributed by atoms with E-state index in [0.29, 0.717) is 26.4 Å². The molecule has 27 heavy (non-hydrogen) atoms. The first-order chi connectivity index (χ1) is 12.9. The summed E-state index contributed by atoms with van der Waals surface area (Å²) in [6, 6.07) is 11.3. The Morgan fingerprint density at radius 1 is 1.11 bits per heavy atom. The molecular weight excluding hydrogens is 386 g/mol. The Morgan fingerprint density at radius 2 is 1.70 bits per heavy atom. The van der Waals surface area contributed by atoms with E-state index >= 15 is 0 Å². The zero-order valence-electron chi connectivity index (χ0n) is 14.5. The maximum atomic E-state index is 12.8. The van der Waals surface area contributed by atoms with Gasteiger partial charge in [-0.1, -0.05) is 24.0 Å². The van der Waals surface area contributed by atoms with Gasteiger partial charge in [0.2, 0.25) is 0 Å². The summed E-state index contributed by atoms with van der Waals surface area (Å²) in [6.07, 6.45) is 1.72. The maximum Gasteiger partial charge on any atom is 0.335 e. The van der Waals surface area contributed by atoms with Crippen LogP contribution in [-0.2, 0) is 4.79 Å². The number of hydrogen-bond acceptors (Lipinski definition) is 6. The fourth-order valence-electron chi connectivity index (χ4n) is 2.51. The third-order valence-corrected chi connectivity index (χ3v) is 5.14. The number of rotatable bonds is 5. The van der Waals surface area contributed by atoms with Crippen molar-refractivity contribution in [2.45, 2.75) is 0 Å². The summed E-state index contributed by atoms with van der Waals surface area (Å²) in [5, 5.41) is 9.00. The van der Waals surface area contributed by atoms with Crippen molar-refractivity contribution >= 4 is 51.9 Å². The van der Waals surface area contributed by atoms with Crippen LogP contribution in [0, 0.1) is 0 Å². The normalized spacial score (nSPS) is 15.3. The van der Waals surface area contributed by atoms with Crippen LogP contribution in [0.1, 0.15) is 15.9 Å². The molecule has 2 aromatic carbocycles. The van der Waals surface area contributed by atoms with E-state index in [9.17, 15) is 9.59 Å². The highest BCUT2D eigenvalue weighted by Crippen LogP contribution is 2.37. The molecule has 3 rings (SSSR count). The molecule has 1 N–H and O–H groups in total. The topological polar surface area (TPSA) is 76.1 Å². The van der Waals surface area contributed by atoms with Crippen molar-refractivity contribution in [1.82, 2.24) is 0 Å². The van der Waals surface area contributed by atoms with E-state index < -0.39 is 5.97 Å². The number of methoxy groups -OCH3 is 2. The van der Waals surface area contributed by atoms with Gasteiger partial charge in [0, 0.05) is 6.07 Å². The number of carbonyl (C=O) groups is 2. The molecule has 6 nitrogen and oxygen atoms in total. The summed E-state index contributed by atoms with van der Waals surface area (Å²) in [7, 11) is 3.11. The largest absolute Gasteiger partial charge is 0.497 e. The third kappa shape index (κ3) is 3.96. The molecular formula is C19H15NO5S2. The smallest absolute Gasteiger partial charge is 0.335 e. The average molecular weight is 401 g/mol. The Kier molecular flexibility index (Phi) is 5.48. The summed E-state index contributed by atoms with van der Waals surface area (Å²) in [5.41, 5.74) is 1.41. The SMILES string of the molecule is COc1cc(/C=C2\SC(=S)N(c3ccc(C(=O)O)cc3)C2=O)cc(OC)c1. The first-order valence-corrected chi connectivity index (χ1v) is 9.00. The number of carboxylic acids is 1. The zero-order valence-corrected chi connectivity index (χ0v) is 16.1. The van der Waals surface area contributed by atoms with Crippen LogP contribution in [0.5, 0.6) is 11.5 Å². The van der Waals surface area contributed by atoms with E-state index in [-0.39, 0.29) is 11.5 Å². The molecule has 0 unspecified atom stereocenters. The Labute approximate surface area is 165 Å². The molecule has 0 aliphatic carbocycles. The van der Waals surface area contributed by atoms with Crippen molar-refractivity contribution < 1.29 is 24.2 Å². The number of carbonyl (C=O) groups excluding carboxylic acids is 1. The Bertz CT molecular complexity index is 931. The Morgan fingerprint density at radius 3 is 2.22 bits per heavy atom. The number of ether oxygens (including phenoxy) is 2. The monoisotopic (exact) mass is 401 g/mol. The van der Waals surface area contributed by atoms with Gasteiger partial charge in [-0.05, 0) is 48.0 Å². The predicted octanol–water partition coefficient (Wildman–Crippen LogP) is 3.81. The molecule has 0 radical (unpaired) electrons. The fourth-order valence-corrected chi connectivity index (χ4v) is 3.81. The summed E-state index contributed by atoms with van der Waals surface area (Å²) >= 11 is 6.52. The number of nitrogens with zero attached hydrogens (tertiary/aromatic N) is 1. The van der Waals surface area contributed by atoms with Gasteiger partial charge in [-0.25, -0.2) is 4.79 Å². The van der Waals surface area contributed by atoms with Gasteiger partial charge in [0.05, 0.1) is 30.4 Å². The Hall–Kier alpha value is -2.84. The molecule has 1 aliphatic heterocycles. The highest BCUT2D eigenvalue weighted by Gasteiger charge is 2.33. The molecule has 138 valence electrons. The molecule has 1 fully saturated rings. The minimum absolute atomic E-state index is 0.142. The molecule has 0 bridgehead atoms. The van der Waals surface area contributed by atoms with Crippen LogP contribution < -0.4 is 14.4 Å². The van der Waals surface area contributed by atoms with Gasteiger partial charge in [-0.2, -0.15) is 0 Å². The van der Waals surface area contributed by atoms with Crippen molar-refractivity contribution in [3.63, 3.8) is 0 Å². The molecule has 0 saturated carbocycles. The number of carboxylic acid groups (broad SMARTS) is 1. The molecule has 1 aliphatic rings. The number of thiocarbonyl (C=S) groups is 1. The van der Waals surface area contributed by atoms with Gasteiger partial charge in [-0.15, -0.1) is 0 Å². The molecule has 1 heterocycles. The first-order valence-electron chi connectivity index (χ1n) is 7.77. The fraction of sp³-hybridized carbons (Fsp3) is 0.105. The van der Waals surface area contributed by atoms with E-state index in [2.05, 4.69) is 0 Å². The number of thioether (sulfide) groups is 1. The maximum absolute atomic E-state index is 12.8. The van der Waals surface area contributed by atoms with Gasteiger partial charge < -0.3 is 14.6 Å². The molecule has 0 aromatic heterocycles. The van der Waals surface area contributed by atoms with Gasteiger partial charge >= 0.3 is 5.97 Å². The summed E-state index contributed by atoms with van der Waals surface area (Å²) < 4.78 is 10.9. The summed E-state index contributed by atoms with van der Waals surface area (Å²) in [4.78, 5) is 25.6. The summed E-state index contributed by atoms with van der Waals surface area (Å²) in [6.45, 7) is 0. The van der Waals surface area contributed by atoms with Gasteiger partial charge in [0.1, 0.15) is 11.5 Å². The standard InChI is InChI=1S/C19H15NO5S2/c1-24-14-7-11(8-15(10-14)25-2)9-16-17(21)20(19(26)27-16)13-5-3-12(4-6-13)18(22)23/h3-10H,1-2H3,(H,22,23)/b16-9-. The van der Waals surface area contributed by atoms with Crippen LogP contribution in [0.2, 0.25) is 0 Å². The quantitative estimate of drug-likeness (QED) is 0.603. The minimum Gasteiger partial charge on any atom is -0.497 e. The lowest BCUT2D eigenvalue weighted by atomic mass is 10.1. The van der Waals surface area contributed by atoms with E-state index in [1.807, 2.05) is 0 Å². The lowest BCUT2D eigenvalue weighted by Gasteiger charge is -2.14. The zero-order chi connectivity index (χ0) is 19.6. The van der Waals surface area contributed by atoms with Crippen molar-refractivity contribution in [2.24, 2.45) is 0 Å². The number of hydrogen-bond donors (Lipinski definition) is 1. The lowest BCUT2D eigenvalue weighted by Crippen LogP contribution is -2.27. The van der Waals surface area contributed by atoms with Crippen molar-refractivity contribution in [2.75, 3.05) is 19.1 Å². The molecule has 0 spiro atoms. The van der Waals surface area contributed by atoms with E-state index in [1.165, 1.54) is 28.8 Å². The summed E-state index contributed by atoms with van der Waals surface area (Å²) in [5.74, 6) is -0.0747. The van der Waals surface area contributed by atoms with Crippen molar-refractivity contribution in [3.8, 4) is 11.5 Å². The van der Waals surface area contributed by atoms with E-state index in [4.69, 9.17) is 26.8 Å². The van der Waals surface area contributed by atoms with Gasteiger partial charge in [0.25, 0.3) is 5.91 Å². The first kappa shape index (κ1) is 18.9. The molecule has 0 atom stereocenters. The Balaban J connectivity index is 1.92. The second kappa shape index (κ2) is 7.81. The number of benzene rings is 2. The van der Waals surface area contributed by atoms with Crippen LogP contribution in [0.3, 0.4) is 0 Å². The van der Waals surface area contributed by atoms with Gasteiger partial charge in [0.15, 0.2) is 4.32 Å². The average Bonchev–Trinajstić information content (AvgIpc) is 2.94. The van der Waals surface area contributed by atoms with E-state index in [0.717, 1.165) is 5.56 Å². The highest BCUT2D eigenvalue weighted by molar-refractivity contribution is 8.27. The van der Waals surface area contributed by atoms with Crippen molar-refractivity contribution in [3.05, 3.63) is 58.5 Å². The number of amides is 1. The van der Waals surface area contributed by atoms with Gasteiger partial charge in [-0.3, -0.25) is 9.69 Å². The van der Waals surface area contributed by atoms with E-state index in [1.54, 1.807) is 50.6 Å². The highest BCUT2D eigenvalue weighted by atomic mass is 32.2. The molecule has 1 saturated heterocycles. The number of aromatic carboxylic acids is 1. The second-order valence-corrected chi connectivity index (χ2v) is 7.19. The van der Waals surface area contributed by atoms with Crippen LogP contribution in [0.25, 0.3) is 6.08 Å². The number of anilines is 1. The lowest BCUT2D eigenvalue weighted by molar-refractivity contribution is -0.113. The minimum atomic E-state index is -1.03. The van der Waals surface area contributed by atoms with Crippen LogP contribution in [-0.4, -0.2) is 35.5 Å². The predicted molar refractivity (Wildman–Crippen MR) is 109 cm³/mol. The molecule has 1 amide bonds. The van der Waals surface area contributed by atoms with Crippen LogP contribution >= 0.6 is 24.0 Å². The second-order valence-electron chi connectivity index (χ2n) is 5.52.